The van der Waals surface area contributed by atoms with Gasteiger partial charge in [-0.05, 0) is 36.2 Å². The molecule has 32 heavy (non-hydrogen) atoms. The van der Waals surface area contributed by atoms with Crippen LogP contribution in [0.25, 0.3) is 0 Å². The normalized spacial score (nSPS) is 20.5. The summed E-state index contributed by atoms with van der Waals surface area (Å²) >= 11 is 6.34. The molecule has 166 valence electrons. The molecule has 2 aromatic carbocycles. The lowest BCUT2D eigenvalue weighted by atomic mass is 9.73. The molecule has 0 saturated carbocycles. The zero-order valence-corrected chi connectivity index (χ0v) is 18.3. The van der Waals surface area contributed by atoms with E-state index in [1.54, 1.807) is 26.4 Å². The monoisotopic (exact) mass is 456 g/mol. The van der Waals surface area contributed by atoms with Gasteiger partial charge in [-0.15, -0.1) is 0 Å². The highest BCUT2D eigenvalue weighted by molar-refractivity contribution is 6.31. The minimum atomic E-state index is -0.633. The van der Waals surface area contributed by atoms with Crippen LogP contribution < -0.4 is 14.8 Å². The van der Waals surface area contributed by atoms with Crippen LogP contribution in [0.5, 0.6) is 11.5 Å². The van der Waals surface area contributed by atoms with Crippen LogP contribution >= 0.6 is 11.6 Å². The fourth-order valence-electron chi connectivity index (χ4n) is 4.52. The van der Waals surface area contributed by atoms with Gasteiger partial charge in [-0.3, -0.25) is 19.7 Å². The summed E-state index contributed by atoms with van der Waals surface area (Å²) in [4.78, 5) is 36.6. The number of ether oxygens (including phenoxy) is 2. The molecule has 2 aliphatic rings. The first-order valence-electron chi connectivity index (χ1n) is 10.0. The van der Waals surface area contributed by atoms with Crippen molar-refractivity contribution < 1.29 is 24.0 Å². The van der Waals surface area contributed by atoms with Crippen LogP contribution in [0.3, 0.4) is 0 Å². The first-order valence-corrected chi connectivity index (χ1v) is 10.4. The Morgan fingerprint density at radius 1 is 1.03 bits per heavy atom. The number of carbonyl (C=O) groups is 2. The molecule has 2 atom stereocenters. The van der Waals surface area contributed by atoms with Gasteiger partial charge in [0.25, 0.3) is 5.69 Å². The van der Waals surface area contributed by atoms with Gasteiger partial charge in [-0.25, -0.2) is 0 Å². The summed E-state index contributed by atoms with van der Waals surface area (Å²) in [5.74, 6) is 0.0313. The van der Waals surface area contributed by atoms with Crippen LogP contribution in [0.4, 0.5) is 5.69 Å². The van der Waals surface area contributed by atoms with Crippen molar-refractivity contribution in [2.24, 2.45) is 0 Å². The summed E-state index contributed by atoms with van der Waals surface area (Å²) in [7, 11) is 3.12. The molecule has 2 aromatic rings. The lowest BCUT2D eigenvalue weighted by Gasteiger charge is -2.35. The number of carbonyl (C=O) groups excluding carboxylic acids is 2. The summed E-state index contributed by atoms with van der Waals surface area (Å²) in [6.07, 6.45) is 0.624. The van der Waals surface area contributed by atoms with E-state index in [0.717, 1.165) is 5.56 Å². The second kappa shape index (κ2) is 8.63. The van der Waals surface area contributed by atoms with E-state index >= 15 is 0 Å². The maximum atomic E-state index is 13.3. The number of nitro benzene ring substituents is 1. The maximum Gasteiger partial charge on any atom is 0.269 e. The number of ketones is 1. The predicted octanol–water partition coefficient (Wildman–Crippen LogP) is 4.27. The molecule has 1 heterocycles. The van der Waals surface area contributed by atoms with Crippen molar-refractivity contribution in [3.63, 3.8) is 0 Å². The molecule has 0 spiro atoms. The van der Waals surface area contributed by atoms with Crippen LogP contribution in [-0.2, 0) is 9.59 Å². The molecule has 8 nitrogen and oxygen atoms in total. The third kappa shape index (κ3) is 3.93. The number of amides is 1. The van der Waals surface area contributed by atoms with Gasteiger partial charge in [0.05, 0.1) is 19.1 Å². The molecule has 0 radical (unpaired) electrons. The Hall–Kier alpha value is -3.39. The van der Waals surface area contributed by atoms with Crippen LogP contribution in [0.2, 0.25) is 5.02 Å². The van der Waals surface area contributed by atoms with Crippen LogP contribution in [0.15, 0.2) is 47.7 Å². The highest BCUT2D eigenvalue weighted by atomic mass is 35.5. The van der Waals surface area contributed by atoms with Gasteiger partial charge in [0.15, 0.2) is 5.78 Å². The Bertz CT molecular complexity index is 1160. The van der Waals surface area contributed by atoms with Crippen molar-refractivity contribution in [1.29, 1.82) is 0 Å². The van der Waals surface area contributed by atoms with Gasteiger partial charge in [-0.2, -0.15) is 0 Å². The molecule has 1 aliphatic carbocycles. The molecule has 1 amide bonds. The van der Waals surface area contributed by atoms with E-state index in [1.165, 1.54) is 18.2 Å². The van der Waals surface area contributed by atoms with Crippen LogP contribution in [0.1, 0.15) is 42.2 Å². The molecule has 0 bridgehead atoms. The second-order valence-electron chi connectivity index (χ2n) is 7.80. The Morgan fingerprint density at radius 2 is 1.81 bits per heavy atom. The number of halogens is 1. The minimum absolute atomic E-state index is 0.00138. The van der Waals surface area contributed by atoms with Gasteiger partial charge in [0, 0.05) is 58.7 Å². The van der Waals surface area contributed by atoms with Crippen molar-refractivity contribution in [2.75, 3.05) is 14.2 Å². The summed E-state index contributed by atoms with van der Waals surface area (Å²) in [5, 5.41) is 14.4. The third-order valence-electron chi connectivity index (χ3n) is 5.98. The average Bonchev–Trinajstić information content (AvgIpc) is 2.77. The number of hydrogen-bond donors (Lipinski definition) is 1. The number of allylic oxidation sites excluding steroid dienone is 2. The molecule has 0 aromatic heterocycles. The molecular weight excluding hydrogens is 436 g/mol. The Kier molecular flexibility index (Phi) is 5.88. The topological polar surface area (TPSA) is 108 Å². The Morgan fingerprint density at radius 3 is 2.50 bits per heavy atom. The number of nitrogens with one attached hydrogen (secondary N) is 1. The van der Waals surface area contributed by atoms with E-state index in [-0.39, 0.29) is 41.2 Å². The quantitative estimate of drug-likeness (QED) is 0.531. The SMILES string of the molecule is COc1ccc(OC)c([C@H]2CC(=O)C3=C(C2)NC(=O)C[C@H]3c2cc([N+](=O)[O-])ccc2Cl)c1. The molecule has 0 saturated heterocycles. The molecule has 1 aliphatic heterocycles. The summed E-state index contributed by atoms with van der Waals surface area (Å²) in [6, 6.07) is 9.48. The van der Waals surface area contributed by atoms with Gasteiger partial charge in [-0.1, -0.05) is 11.6 Å². The van der Waals surface area contributed by atoms with Crippen molar-refractivity contribution in [3.8, 4) is 11.5 Å². The average molecular weight is 457 g/mol. The lowest BCUT2D eigenvalue weighted by Crippen LogP contribution is -2.38. The zero-order chi connectivity index (χ0) is 23.0. The largest absolute Gasteiger partial charge is 0.497 e. The molecule has 0 fully saturated rings. The van der Waals surface area contributed by atoms with Crippen molar-refractivity contribution >= 4 is 29.0 Å². The molecule has 9 heteroatoms. The standard InChI is InChI=1S/C23H21ClN2O6/c1-31-14-4-6-21(32-2)15(10-14)12-7-19-23(20(27)8-12)17(11-22(28)25-19)16-9-13(26(29)30)3-5-18(16)24/h3-6,9-10,12,17H,7-8,11H2,1-2H3,(H,25,28)/t12-,17+/m1/s1. The molecule has 1 N–H and O–H groups in total. The number of hydrogen-bond acceptors (Lipinski definition) is 6. The maximum absolute atomic E-state index is 13.3. The zero-order valence-electron chi connectivity index (χ0n) is 17.5. The number of methoxy groups -OCH3 is 2. The van der Waals surface area contributed by atoms with E-state index in [4.69, 9.17) is 21.1 Å². The highest BCUT2D eigenvalue weighted by Gasteiger charge is 2.40. The molecular formula is C23H21ClN2O6. The molecule has 4 rings (SSSR count). The van der Waals surface area contributed by atoms with Gasteiger partial charge in [0.2, 0.25) is 5.91 Å². The lowest BCUT2D eigenvalue weighted by molar-refractivity contribution is -0.384. The predicted molar refractivity (Wildman–Crippen MR) is 117 cm³/mol. The van der Waals surface area contributed by atoms with Gasteiger partial charge >= 0.3 is 0 Å². The second-order valence-corrected chi connectivity index (χ2v) is 8.20. The number of nitrogens with zero attached hydrogens (tertiary/aromatic N) is 1. The van der Waals surface area contributed by atoms with Crippen LogP contribution in [0, 0.1) is 10.1 Å². The van der Waals surface area contributed by atoms with E-state index in [9.17, 15) is 19.7 Å². The van der Waals surface area contributed by atoms with E-state index < -0.39 is 10.8 Å². The van der Waals surface area contributed by atoms with Crippen molar-refractivity contribution in [1.82, 2.24) is 5.32 Å². The Labute approximate surface area is 189 Å². The highest BCUT2D eigenvalue weighted by Crippen LogP contribution is 2.46. The van der Waals surface area contributed by atoms with Crippen LogP contribution in [-0.4, -0.2) is 30.8 Å². The number of rotatable bonds is 5. The van der Waals surface area contributed by atoms with Gasteiger partial charge in [0.1, 0.15) is 11.5 Å². The number of non-ortho nitro benzene ring substituents is 1. The minimum Gasteiger partial charge on any atom is -0.497 e. The smallest absolute Gasteiger partial charge is 0.269 e. The van der Waals surface area contributed by atoms with E-state index in [2.05, 4.69) is 5.32 Å². The number of Topliss-reactive ketones (excluding diaryl/α,β-unsaturated/α-hetero) is 1. The van der Waals surface area contributed by atoms with Crippen molar-refractivity contribution in [2.45, 2.75) is 31.1 Å². The Balaban J connectivity index is 1.77. The van der Waals surface area contributed by atoms with Crippen molar-refractivity contribution in [3.05, 3.63) is 73.9 Å². The number of nitro groups is 1. The fraction of sp³-hybridized carbons (Fsp3) is 0.304. The first kappa shape index (κ1) is 21.8. The summed E-state index contributed by atoms with van der Waals surface area (Å²) < 4.78 is 10.8. The number of benzene rings is 2. The molecule has 0 unspecified atom stereocenters. The van der Waals surface area contributed by atoms with Gasteiger partial charge < -0.3 is 14.8 Å². The summed E-state index contributed by atoms with van der Waals surface area (Å²) in [6.45, 7) is 0. The third-order valence-corrected chi connectivity index (χ3v) is 6.32. The van der Waals surface area contributed by atoms with E-state index in [1.807, 2.05) is 6.07 Å². The fourth-order valence-corrected chi connectivity index (χ4v) is 4.77. The first-order chi connectivity index (χ1) is 15.3. The van der Waals surface area contributed by atoms with E-state index in [0.29, 0.717) is 34.8 Å². The summed E-state index contributed by atoms with van der Waals surface area (Å²) in [5.41, 5.74) is 2.08.